The zero-order valence-corrected chi connectivity index (χ0v) is 30.8. The molecule has 0 aliphatic rings. The van der Waals surface area contributed by atoms with Crippen molar-refractivity contribution in [2.24, 2.45) is 0 Å². The lowest BCUT2D eigenvalue weighted by Crippen LogP contribution is -1.93. The lowest BCUT2D eigenvalue weighted by Gasteiger charge is -2.13. The largest absolute Gasteiger partial charge is 0.456 e. The quantitative estimate of drug-likeness (QED) is 0.166. The Bertz CT molecular complexity index is 4080. The van der Waals surface area contributed by atoms with Crippen molar-refractivity contribution in [3.8, 4) is 22.3 Å². The Labute approximate surface area is 328 Å². The molecule has 14 aromatic rings. The van der Waals surface area contributed by atoms with Gasteiger partial charge >= 0.3 is 0 Å². The number of imidazole rings is 1. The van der Waals surface area contributed by atoms with Gasteiger partial charge in [0.2, 0.25) is 0 Å². The molecule has 0 fully saturated rings. The SMILES string of the molecule is c1ccc2c(c1)ccc1c3ccc(-c4ccc(-c5cc6oc7ccc8oc9ccccc9c8c7c6c6oc7ccccc7c56)cc4)cc3n3c4ccccc4nc3c21. The van der Waals surface area contributed by atoms with E-state index in [0.717, 1.165) is 110 Å². The number of hydrogen-bond acceptors (Lipinski definition) is 4. The van der Waals surface area contributed by atoms with Crippen LogP contribution in [-0.2, 0) is 0 Å². The predicted octanol–water partition coefficient (Wildman–Crippen LogP) is 15.0. The average molecular weight is 741 g/mol. The highest BCUT2D eigenvalue weighted by Crippen LogP contribution is 2.48. The van der Waals surface area contributed by atoms with Crippen molar-refractivity contribution in [1.82, 2.24) is 9.38 Å². The van der Waals surface area contributed by atoms with Crippen LogP contribution in [0.5, 0.6) is 0 Å². The summed E-state index contributed by atoms with van der Waals surface area (Å²) >= 11 is 0. The molecule has 5 aromatic heterocycles. The van der Waals surface area contributed by atoms with E-state index in [1.807, 2.05) is 36.4 Å². The topological polar surface area (TPSA) is 56.7 Å². The normalized spacial score (nSPS) is 12.5. The monoisotopic (exact) mass is 740 g/mol. The Hall–Kier alpha value is -7.89. The van der Waals surface area contributed by atoms with Crippen LogP contribution < -0.4 is 0 Å². The van der Waals surface area contributed by atoms with Crippen LogP contribution >= 0.6 is 0 Å². The first-order valence-corrected chi connectivity index (χ1v) is 19.6. The molecule has 14 rings (SSSR count). The summed E-state index contributed by atoms with van der Waals surface area (Å²) in [5.74, 6) is 0. The molecule has 5 heteroatoms. The number of furan rings is 3. The summed E-state index contributed by atoms with van der Waals surface area (Å²) in [6.07, 6.45) is 0. The Balaban J connectivity index is 0.986. The maximum atomic E-state index is 6.78. The summed E-state index contributed by atoms with van der Waals surface area (Å²) in [7, 11) is 0. The Kier molecular flexibility index (Phi) is 5.70. The molecule has 0 N–H and O–H groups in total. The van der Waals surface area contributed by atoms with E-state index in [1.54, 1.807) is 0 Å². The zero-order valence-electron chi connectivity index (χ0n) is 30.8. The second-order valence-electron chi connectivity index (χ2n) is 15.4. The van der Waals surface area contributed by atoms with Gasteiger partial charge in [0.1, 0.15) is 39.1 Å². The molecular weight excluding hydrogens is 713 g/mol. The first kappa shape index (κ1) is 30.3. The molecule has 0 saturated heterocycles. The molecule has 58 heavy (non-hydrogen) atoms. The van der Waals surface area contributed by atoms with Gasteiger partial charge in [-0.25, -0.2) is 4.98 Å². The maximum Gasteiger partial charge on any atom is 0.147 e. The number of aromatic nitrogens is 2. The van der Waals surface area contributed by atoms with Crippen molar-refractivity contribution >= 4 is 115 Å². The minimum Gasteiger partial charge on any atom is -0.456 e. The van der Waals surface area contributed by atoms with E-state index in [-0.39, 0.29) is 0 Å². The Morgan fingerprint density at radius 3 is 1.88 bits per heavy atom. The molecule has 0 amide bonds. The second kappa shape index (κ2) is 10.9. The molecule has 5 nitrogen and oxygen atoms in total. The summed E-state index contributed by atoms with van der Waals surface area (Å²) in [6.45, 7) is 0. The van der Waals surface area contributed by atoms with E-state index < -0.39 is 0 Å². The van der Waals surface area contributed by atoms with E-state index in [4.69, 9.17) is 18.2 Å². The van der Waals surface area contributed by atoms with Gasteiger partial charge in [0, 0.05) is 37.7 Å². The molecule has 0 aliphatic heterocycles. The molecule has 5 heterocycles. The van der Waals surface area contributed by atoms with Crippen molar-refractivity contribution in [2.45, 2.75) is 0 Å². The lowest BCUT2D eigenvalue weighted by molar-refractivity contribution is 0.660. The van der Waals surface area contributed by atoms with Crippen LogP contribution in [0.25, 0.3) is 137 Å². The van der Waals surface area contributed by atoms with Gasteiger partial charge in [-0.1, -0.05) is 121 Å². The molecule has 9 aromatic carbocycles. The fourth-order valence-electron chi connectivity index (χ4n) is 9.81. The van der Waals surface area contributed by atoms with Gasteiger partial charge in [0.25, 0.3) is 0 Å². The molecule has 0 radical (unpaired) electrons. The van der Waals surface area contributed by atoms with Crippen LogP contribution in [0.4, 0.5) is 0 Å². The summed E-state index contributed by atoms with van der Waals surface area (Å²) in [5.41, 5.74) is 13.6. The second-order valence-corrected chi connectivity index (χ2v) is 15.4. The molecule has 0 spiro atoms. The molecule has 0 atom stereocenters. The molecular formula is C53H28N2O3. The summed E-state index contributed by atoms with van der Waals surface area (Å²) in [4.78, 5) is 5.24. The van der Waals surface area contributed by atoms with Gasteiger partial charge in [-0.15, -0.1) is 0 Å². The Morgan fingerprint density at radius 1 is 0.362 bits per heavy atom. The summed E-state index contributed by atoms with van der Waals surface area (Å²) < 4.78 is 22.1. The highest BCUT2D eigenvalue weighted by atomic mass is 16.3. The van der Waals surface area contributed by atoms with Crippen molar-refractivity contribution in [3.63, 3.8) is 0 Å². The fourth-order valence-corrected chi connectivity index (χ4v) is 9.81. The molecule has 0 saturated carbocycles. The van der Waals surface area contributed by atoms with E-state index in [1.165, 1.54) is 26.9 Å². The van der Waals surface area contributed by atoms with Crippen LogP contribution in [0.2, 0.25) is 0 Å². The highest BCUT2D eigenvalue weighted by molar-refractivity contribution is 6.33. The molecule has 0 bridgehead atoms. The standard InChI is InChI=1S/C53H28N2O3/c1-2-10-33-30(9-1)21-24-35-34-23-22-32(27-41(34)55-40-14-6-5-13-39(40)54-53(55)48(33)35)29-17-19-31(20-18-29)38-28-46-51(52-47(38)36-11-3-8-16-43(36)58-52)50-45(57-46)26-25-44-49(50)37-12-4-7-15-42(37)56-44/h1-28H. The molecule has 0 aliphatic carbocycles. The maximum absolute atomic E-state index is 6.78. The number of fused-ring (bicyclic) bond motifs is 21. The van der Waals surface area contributed by atoms with Gasteiger partial charge in [0.15, 0.2) is 0 Å². The van der Waals surface area contributed by atoms with E-state index in [9.17, 15) is 0 Å². The average Bonchev–Trinajstić information content (AvgIpc) is 4.05. The first-order valence-electron chi connectivity index (χ1n) is 19.6. The van der Waals surface area contributed by atoms with Gasteiger partial charge in [-0.3, -0.25) is 4.40 Å². The predicted molar refractivity (Wildman–Crippen MR) is 238 cm³/mol. The van der Waals surface area contributed by atoms with Crippen molar-refractivity contribution in [3.05, 3.63) is 170 Å². The van der Waals surface area contributed by atoms with Crippen LogP contribution in [0.1, 0.15) is 0 Å². The van der Waals surface area contributed by atoms with Crippen LogP contribution in [0.15, 0.2) is 183 Å². The smallest absolute Gasteiger partial charge is 0.147 e. The van der Waals surface area contributed by atoms with Crippen LogP contribution in [0.3, 0.4) is 0 Å². The number of para-hydroxylation sites is 4. The molecule has 268 valence electrons. The van der Waals surface area contributed by atoms with Gasteiger partial charge in [0.05, 0.1) is 21.9 Å². The van der Waals surface area contributed by atoms with Crippen LogP contribution in [0, 0.1) is 0 Å². The zero-order chi connectivity index (χ0) is 37.6. The van der Waals surface area contributed by atoms with Gasteiger partial charge in [-0.05, 0) is 86.9 Å². The highest BCUT2D eigenvalue weighted by Gasteiger charge is 2.24. The molecule has 0 unspecified atom stereocenters. The van der Waals surface area contributed by atoms with Crippen molar-refractivity contribution < 1.29 is 13.3 Å². The third-order valence-corrected chi connectivity index (χ3v) is 12.4. The number of nitrogens with zero attached hydrogens (tertiary/aromatic N) is 2. The number of hydrogen-bond donors (Lipinski definition) is 0. The Morgan fingerprint density at radius 2 is 1.02 bits per heavy atom. The summed E-state index contributed by atoms with van der Waals surface area (Å²) in [6, 6.07) is 60.0. The van der Waals surface area contributed by atoms with Crippen molar-refractivity contribution in [1.29, 1.82) is 0 Å². The minimum absolute atomic E-state index is 0.782. The number of benzene rings is 9. The van der Waals surface area contributed by atoms with E-state index in [2.05, 4.69) is 138 Å². The number of rotatable bonds is 2. The summed E-state index contributed by atoms with van der Waals surface area (Å²) in [5, 5.41) is 12.2. The minimum atomic E-state index is 0.782. The van der Waals surface area contributed by atoms with E-state index >= 15 is 0 Å². The third-order valence-electron chi connectivity index (χ3n) is 12.4. The van der Waals surface area contributed by atoms with E-state index in [0.29, 0.717) is 0 Å². The number of pyridine rings is 1. The fraction of sp³-hybridized carbons (Fsp3) is 0. The third kappa shape index (κ3) is 3.92. The lowest BCUT2D eigenvalue weighted by atomic mass is 9.94. The van der Waals surface area contributed by atoms with Crippen molar-refractivity contribution in [2.75, 3.05) is 0 Å². The van der Waals surface area contributed by atoms with Crippen LogP contribution in [-0.4, -0.2) is 9.38 Å². The van der Waals surface area contributed by atoms with Gasteiger partial charge < -0.3 is 13.3 Å². The first-order chi connectivity index (χ1) is 28.7. The van der Waals surface area contributed by atoms with Gasteiger partial charge in [-0.2, -0.15) is 0 Å².